The van der Waals surface area contributed by atoms with Crippen molar-refractivity contribution in [2.24, 2.45) is 0 Å². The van der Waals surface area contributed by atoms with E-state index in [0.29, 0.717) is 5.82 Å². The molecule has 0 aliphatic carbocycles. The maximum atomic E-state index is 5.65. The highest BCUT2D eigenvalue weighted by Crippen LogP contribution is 2.18. The van der Waals surface area contributed by atoms with Gasteiger partial charge in [-0.25, -0.2) is 4.98 Å². The highest BCUT2D eigenvalue weighted by Gasteiger charge is 2.00. The molecule has 2 aromatic heterocycles. The monoisotopic (exact) mass is 159 g/mol. The van der Waals surface area contributed by atoms with Gasteiger partial charge in [-0.15, -0.1) is 0 Å². The summed E-state index contributed by atoms with van der Waals surface area (Å²) < 4.78 is 0. The fourth-order valence-electron chi connectivity index (χ4n) is 1.20. The minimum Gasteiger partial charge on any atom is -0.383 e. The van der Waals surface area contributed by atoms with E-state index in [0.717, 1.165) is 16.5 Å². The number of fused-ring (bicyclic) bond motifs is 1. The van der Waals surface area contributed by atoms with E-state index in [1.165, 1.54) is 0 Å². The number of hydrogen-bond acceptors (Lipinski definition) is 3. The summed E-state index contributed by atoms with van der Waals surface area (Å²) in [7, 11) is 0. The van der Waals surface area contributed by atoms with E-state index in [-0.39, 0.29) is 0 Å². The number of aromatic nitrogens is 2. The SMILES string of the molecule is Cc1c(N)ncc2ncccc12. The first-order valence-corrected chi connectivity index (χ1v) is 3.75. The number of rotatable bonds is 0. The average molecular weight is 159 g/mol. The van der Waals surface area contributed by atoms with E-state index >= 15 is 0 Å². The first-order chi connectivity index (χ1) is 5.79. The zero-order chi connectivity index (χ0) is 8.55. The minimum atomic E-state index is 0.579. The Balaban J connectivity index is 2.91. The van der Waals surface area contributed by atoms with Crippen molar-refractivity contribution in [2.75, 3.05) is 5.73 Å². The van der Waals surface area contributed by atoms with Crippen LogP contribution >= 0.6 is 0 Å². The van der Waals surface area contributed by atoms with Gasteiger partial charge in [-0.1, -0.05) is 6.07 Å². The highest BCUT2D eigenvalue weighted by molar-refractivity contribution is 5.84. The molecule has 0 saturated carbocycles. The van der Waals surface area contributed by atoms with Crippen LogP contribution in [0.3, 0.4) is 0 Å². The van der Waals surface area contributed by atoms with Crippen molar-refractivity contribution in [3.05, 3.63) is 30.1 Å². The molecular weight excluding hydrogens is 150 g/mol. The van der Waals surface area contributed by atoms with Gasteiger partial charge in [0, 0.05) is 17.1 Å². The molecule has 0 aliphatic heterocycles. The van der Waals surface area contributed by atoms with E-state index in [4.69, 9.17) is 5.73 Å². The fraction of sp³-hybridized carbons (Fsp3) is 0.111. The third-order valence-corrected chi connectivity index (χ3v) is 1.95. The van der Waals surface area contributed by atoms with Crippen LogP contribution in [0.1, 0.15) is 5.56 Å². The van der Waals surface area contributed by atoms with Gasteiger partial charge >= 0.3 is 0 Å². The smallest absolute Gasteiger partial charge is 0.127 e. The number of nitrogens with zero attached hydrogens (tertiary/aromatic N) is 2. The Morgan fingerprint density at radius 1 is 1.33 bits per heavy atom. The molecule has 3 nitrogen and oxygen atoms in total. The van der Waals surface area contributed by atoms with Gasteiger partial charge in [-0.2, -0.15) is 0 Å². The molecule has 0 aliphatic rings. The predicted octanol–water partition coefficient (Wildman–Crippen LogP) is 1.52. The Morgan fingerprint density at radius 3 is 3.00 bits per heavy atom. The normalized spacial score (nSPS) is 10.4. The molecule has 12 heavy (non-hydrogen) atoms. The maximum Gasteiger partial charge on any atom is 0.127 e. The van der Waals surface area contributed by atoms with E-state index in [9.17, 15) is 0 Å². The molecule has 0 bridgehead atoms. The van der Waals surface area contributed by atoms with Crippen molar-refractivity contribution in [3.8, 4) is 0 Å². The van der Waals surface area contributed by atoms with Crippen molar-refractivity contribution >= 4 is 16.7 Å². The second kappa shape index (κ2) is 2.44. The molecule has 2 aromatic rings. The van der Waals surface area contributed by atoms with Gasteiger partial charge in [0.15, 0.2) is 0 Å². The summed E-state index contributed by atoms with van der Waals surface area (Å²) in [6, 6.07) is 3.89. The van der Waals surface area contributed by atoms with Gasteiger partial charge in [0.25, 0.3) is 0 Å². The van der Waals surface area contributed by atoms with Crippen LogP contribution in [-0.4, -0.2) is 9.97 Å². The Labute approximate surface area is 70.3 Å². The first-order valence-electron chi connectivity index (χ1n) is 3.75. The van der Waals surface area contributed by atoms with E-state index in [1.54, 1.807) is 12.4 Å². The van der Waals surface area contributed by atoms with Crippen LogP contribution < -0.4 is 5.73 Å². The first kappa shape index (κ1) is 7.03. The number of aryl methyl sites for hydroxylation is 1. The third kappa shape index (κ3) is 0.906. The molecular formula is C9H9N3. The van der Waals surface area contributed by atoms with Gasteiger partial charge in [-0.3, -0.25) is 4.98 Å². The highest BCUT2D eigenvalue weighted by atomic mass is 14.8. The van der Waals surface area contributed by atoms with Crippen molar-refractivity contribution in [1.29, 1.82) is 0 Å². The molecule has 2 heterocycles. The summed E-state index contributed by atoms with van der Waals surface area (Å²) in [5.74, 6) is 0.579. The molecule has 3 heteroatoms. The van der Waals surface area contributed by atoms with Crippen LogP contribution in [-0.2, 0) is 0 Å². The summed E-state index contributed by atoms with van der Waals surface area (Å²) in [6.45, 7) is 1.95. The Bertz CT molecular complexity index is 423. The molecule has 0 radical (unpaired) electrons. The summed E-state index contributed by atoms with van der Waals surface area (Å²) in [4.78, 5) is 8.19. The second-order valence-electron chi connectivity index (χ2n) is 2.70. The minimum absolute atomic E-state index is 0.579. The van der Waals surface area contributed by atoms with Gasteiger partial charge in [0.2, 0.25) is 0 Å². The molecule has 60 valence electrons. The van der Waals surface area contributed by atoms with E-state index in [1.807, 2.05) is 19.1 Å². The van der Waals surface area contributed by atoms with E-state index < -0.39 is 0 Å². The Hall–Kier alpha value is -1.64. The standard InChI is InChI=1S/C9H9N3/c1-6-7-3-2-4-11-8(7)5-12-9(6)10/h2-5H,1H3,(H2,10,12). The van der Waals surface area contributed by atoms with Crippen LogP contribution in [0, 0.1) is 6.92 Å². The van der Waals surface area contributed by atoms with Crippen molar-refractivity contribution < 1.29 is 0 Å². The molecule has 0 fully saturated rings. The van der Waals surface area contributed by atoms with Crippen molar-refractivity contribution in [3.63, 3.8) is 0 Å². The summed E-state index contributed by atoms with van der Waals surface area (Å²) in [5, 5.41) is 1.07. The van der Waals surface area contributed by atoms with E-state index in [2.05, 4.69) is 9.97 Å². The number of hydrogen-bond donors (Lipinski definition) is 1. The Morgan fingerprint density at radius 2 is 2.17 bits per heavy atom. The lowest BCUT2D eigenvalue weighted by Gasteiger charge is -2.02. The zero-order valence-electron chi connectivity index (χ0n) is 6.78. The molecule has 2 rings (SSSR count). The molecule has 0 amide bonds. The molecule has 0 atom stereocenters. The van der Waals surface area contributed by atoms with Crippen molar-refractivity contribution in [2.45, 2.75) is 6.92 Å². The van der Waals surface area contributed by atoms with Gasteiger partial charge in [0.05, 0.1) is 11.7 Å². The maximum absolute atomic E-state index is 5.65. The second-order valence-corrected chi connectivity index (χ2v) is 2.70. The number of anilines is 1. The summed E-state index contributed by atoms with van der Waals surface area (Å²) in [6.07, 6.45) is 3.44. The number of nitrogen functional groups attached to an aromatic ring is 1. The van der Waals surface area contributed by atoms with Crippen LogP contribution in [0.15, 0.2) is 24.5 Å². The average Bonchev–Trinajstić information content (AvgIpc) is 2.12. The lowest BCUT2D eigenvalue weighted by molar-refractivity contribution is 1.28. The zero-order valence-corrected chi connectivity index (χ0v) is 6.78. The fourth-order valence-corrected chi connectivity index (χ4v) is 1.20. The van der Waals surface area contributed by atoms with Crippen molar-refractivity contribution in [1.82, 2.24) is 9.97 Å². The van der Waals surface area contributed by atoms with Gasteiger partial charge in [-0.05, 0) is 13.0 Å². The van der Waals surface area contributed by atoms with Gasteiger partial charge < -0.3 is 5.73 Å². The lowest BCUT2D eigenvalue weighted by atomic mass is 10.1. The Kier molecular flexibility index (Phi) is 1.43. The number of pyridine rings is 2. The summed E-state index contributed by atoms with van der Waals surface area (Å²) in [5.41, 5.74) is 7.54. The van der Waals surface area contributed by atoms with Crippen LogP contribution in [0.5, 0.6) is 0 Å². The largest absolute Gasteiger partial charge is 0.383 e. The number of nitrogens with two attached hydrogens (primary N) is 1. The third-order valence-electron chi connectivity index (χ3n) is 1.95. The molecule has 2 N–H and O–H groups in total. The topological polar surface area (TPSA) is 51.8 Å². The lowest BCUT2D eigenvalue weighted by Crippen LogP contribution is -1.94. The quantitative estimate of drug-likeness (QED) is 0.634. The molecule has 0 saturated heterocycles. The van der Waals surface area contributed by atoms with Crippen LogP contribution in [0.4, 0.5) is 5.82 Å². The summed E-state index contributed by atoms with van der Waals surface area (Å²) >= 11 is 0. The van der Waals surface area contributed by atoms with Crippen LogP contribution in [0.25, 0.3) is 10.9 Å². The predicted molar refractivity (Wildman–Crippen MR) is 48.7 cm³/mol. The van der Waals surface area contributed by atoms with Crippen LogP contribution in [0.2, 0.25) is 0 Å². The molecule has 0 aromatic carbocycles. The molecule has 0 unspecified atom stereocenters. The molecule has 0 spiro atoms. The van der Waals surface area contributed by atoms with Gasteiger partial charge in [0.1, 0.15) is 5.82 Å².